The highest BCUT2D eigenvalue weighted by atomic mass is 35.5. The highest BCUT2D eigenvalue weighted by Crippen LogP contribution is 2.26. The van der Waals surface area contributed by atoms with Crippen molar-refractivity contribution in [1.82, 2.24) is 19.7 Å². The van der Waals surface area contributed by atoms with Crippen molar-refractivity contribution in [2.24, 2.45) is 5.92 Å². The van der Waals surface area contributed by atoms with E-state index >= 15 is 0 Å². The van der Waals surface area contributed by atoms with Gasteiger partial charge in [0.25, 0.3) is 5.91 Å². The van der Waals surface area contributed by atoms with Crippen LogP contribution in [0.5, 0.6) is 0 Å². The summed E-state index contributed by atoms with van der Waals surface area (Å²) >= 11 is 6.24. The van der Waals surface area contributed by atoms with E-state index in [4.69, 9.17) is 16.3 Å². The number of anilines is 1. The molecule has 1 unspecified atom stereocenters. The fraction of sp³-hybridized carbons (Fsp3) is 0.400. The number of carbonyl (C=O) groups is 1. The Hall–Kier alpha value is -2.51. The first kappa shape index (κ1) is 17.6. The SMILES string of the molecule is O=C(c1cc2c(Cl)cccc2[nH]1)N1CCn2nc(NCC3CCOC3)cc2C1. The van der Waals surface area contributed by atoms with Crippen LogP contribution in [0.3, 0.4) is 0 Å². The molecule has 28 heavy (non-hydrogen) atoms. The third kappa shape index (κ3) is 3.25. The maximum atomic E-state index is 13.0. The fourth-order valence-corrected chi connectivity index (χ4v) is 4.15. The second kappa shape index (κ2) is 7.14. The van der Waals surface area contributed by atoms with Gasteiger partial charge in [0, 0.05) is 47.6 Å². The molecule has 4 heterocycles. The highest BCUT2D eigenvalue weighted by Gasteiger charge is 2.25. The lowest BCUT2D eigenvalue weighted by Gasteiger charge is -2.27. The second-order valence-corrected chi connectivity index (χ2v) is 7.87. The summed E-state index contributed by atoms with van der Waals surface area (Å²) in [5, 5.41) is 9.55. The molecule has 1 fully saturated rings. The third-order valence-corrected chi connectivity index (χ3v) is 5.85. The molecule has 7 nitrogen and oxygen atoms in total. The van der Waals surface area contributed by atoms with Crippen LogP contribution in [0.2, 0.25) is 5.02 Å². The molecule has 0 bridgehead atoms. The minimum absolute atomic E-state index is 0.0164. The van der Waals surface area contributed by atoms with Gasteiger partial charge in [-0.15, -0.1) is 0 Å². The lowest BCUT2D eigenvalue weighted by atomic mass is 10.1. The molecule has 2 aliphatic heterocycles. The van der Waals surface area contributed by atoms with E-state index in [1.165, 1.54) is 0 Å². The van der Waals surface area contributed by atoms with Crippen LogP contribution < -0.4 is 5.32 Å². The van der Waals surface area contributed by atoms with Crippen molar-refractivity contribution in [3.63, 3.8) is 0 Å². The number of hydrogen-bond donors (Lipinski definition) is 2. The van der Waals surface area contributed by atoms with Crippen LogP contribution in [0.1, 0.15) is 22.6 Å². The average Bonchev–Trinajstić information content (AvgIpc) is 3.43. The number of nitrogens with one attached hydrogen (secondary N) is 2. The van der Waals surface area contributed by atoms with Crippen molar-refractivity contribution in [3.05, 3.63) is 46.7 Å². The molecule has 2 aromatic heterocycles. The smallest absolute Gasteiger partial charge is 0.270 e. The van der Waals surface area contributed by atoms with Crippen LogP contribution in [0.25, 0.3) is 10.9 Å². The molecule has 1 amide bonds. The molecule has 0 saturated carbocycles. The molecule has 3 aromatic rings. The first-order chi connectivity index (χ1) is 13.7. The number of fused-ring (bicyclic) bond motifs is 2. The molecule has 5 rings (SSSR count). The van der Waals surface area contributed by atoms with Crippen molar-refractivity contribution in [1.29, 1.82) is 0 Å². The Bertz CT molecular complexity index is 1020. The molecular weight excluding hydrogens is 378 g/mol. The third-order valence-electron chi connectivity index (χ3n) is 5.52. The van der Waals surface area contributed by atoms with Crippen LogP contribution >= 0.6 is 11.6 Å². The van der Waals surface area contributed by atoms with Gasteiger partial charge in [0.05, 0.1) is 25.4 Å². The Balaban J connectivity index is 1.29. The standard InChI is InChI=1S/C20H22ClN5O2/c21-16-2-1-3-17-15(16)9-18(23-17)20(27)25-5-6-26-14(11-25)8-19(24-26)22-10-13-4-7-28-12-13/h1-3,8-9,13,23H,4-7,10-12H2,(H,22,24). The summed E-state index contributed by atoms with van der Waals surface area (Å²) in [5.74, 6) is 1.40. The van der Waals surface area contributed by atoms with E-state index in [0.717, 1.165) is 48.6 Å². The van der Waals surface area contributed by atoms with Crippen LogP contribution in [0.15, 0.2) is 30.3 Å². The zero-order chi connectivity index (χ0) is 19.1. The van der Waals surface area contributed by atoms with E-state index in [0.29, 0.717) is 36.3 Å². The van der Waals surface area contributed by atoms with E-state index in [2.05, 4.69) is 15.4 Å². The number of hydrogen-bond acceptors (Lipinski definition) is 4. The first-order valence-electron chi connectivity index (χ1n) is 9.62. The van der Waals surface area contributed by atoms with Crippen molar-refractivity contribution >= 4 is 34.2 Å². The van der Waals surface area contributed by atoms with Gasteiger partial charge < -0.3 is 19.9 Å². The van der Waals surface area contributed by atoms with Crippen LogP contribution in [-0.4, -0.2) is 51.9 Å². The number of aromatic amines is 1. The molecule has 0 aliphatic carbocycles. The minimum Gasteiger partial charge on any atom is -0.381 e. The van der Waals surface area contributed by atoms with Gasteiger partial charge in [0.1, 0.15) is 11.5 Å². The molecule has 0 radical (unpaired) electrons. The van der Waals surface area contributed by atoms with Crippen LogP contribution in [-0.2, 0) is 17.8 Å². The number of rotatable bonds is 4. The predicted octanol–water partition coefficient (Wildman–Crippen LogP) is 3.12. The summed E-state index contributed by atoms with van der Waals surface area (Å²) in [6.07, 6.45) is 1.09. The lowest BCUT2D eigenvalue weighted by molar-refractivity contribution is 0.0701. The number of halogens is 1. The van der Waals surface area contributed by atoms with Crippen molar-refractivity contribution in [3.8, 4) is 0 Å². The van der Waals surface area contributed by atoms with Crippen molar-refractivity contribution < 1.29 is 9.53 Å². The van der Waals surface area contributed by atoms with Crippen molar-refractivity contribution in [2.45, 2.75) is 19.5 Å². The number of carbonyl (C=O) groups excluding carboxylic acids is 1. The second-order valence-electron chi connectivity index (χ2n) is 7.47. The zero-order valence-electron chi connectivity index (χ0n) is 15.4. The Morgan fingerprint density at radius 2 is 2.29 bits per heavy atom. The number of ether oxygens (including phenoxy) is 1. The van der Waals surface area contributed by atoms with Gasteiger partial charge in [-0.2, -0.15) is 5.10 Å². The summed E-state index contributed by atoms with van der Waals surface area (Å²) in [7, 11) is 0. The van der Waals surface area contributed by atoms with Crippen LogP contribution in [0, 0.1) is 5.92 Å². The van der Waals surface area contributed by atoms with Gasteiger partial charge in [0.15, 0.2) is 0 Å². The topological polar surface area (TPSA) is 75.2 Å². The summed E-state index contributed by atoms with van der Waals surface area (Å²) in [6.45, 7) is 4.40. The van der Waals surface area contributed by atoms with E-state index in [1.54, 1.807) is 0 Å². The van der Waals surface area contributed by atoms with Crippen molar-refractivity contribution in [2.75, 3.05) is 31.6 Å². The molecule has 0 spiro atoms. The maximum absolute atomic E-state index is 13.0. The zero-order valence-corrected chi connectivity index (χ0v) is 16.2. The Kier molecular flexibility index (Phi) is 4.49. The molecule has 1 saturated heterocycles. The summed E-state index contributed by atoms with van der Waals surface area (Å²) in [4.78, 5) is 18.0. The fourth-order valence-electron chi connectivity index (χ4n) is 3.92. The van der Waals surface area contributed by atoms with Gasteiger partial charge in [0.2, 0.25) is 0 Å². The quantitative estimate of drug-likeness (QED) is 0.706. The van der Waals surface area contributed by atoms with E-state index in [-0.39, 0.29) is 5.91 Å². The molecule has 146 valence electrons. The van der Waals surface area contributed by atoms with Crippen LogP contribution in [0.4, 0.5) is 5.82 Å². The predicted molar refractivity (Wildman–Crippen MR) is 108 cm³/mol. The molecule has 1 atom stereocenters. The number of benzene rings is 1. The van der Waals surface area contributed by atoms with E-state index in [1.807, 2.05) is 39.9 Å². The molecule has 1 aromatic carbocycles. The largest absolute Gasteiger partial charge is 0.381 e. The highest BCUT2D eigenvalue weighted by molar-refractivity contribution is 6.35. The monoisotopic (exact) mass is 399 g/mol. The molecule has 2 N–H and O–H groups in total. The molecule has 8 heteroatoms. The molecular formula is C20H22ClN5O2. The van der Waals surface area contributed by atoms with E-state index in [9.17, 15) is 4.79 Å². The summed E-state index contributed by atoms with van der Waals surface area (Å²) in [5.41, 5.74) is 2.48. The van der Waals surface area contributed by atoms with Gasteiger partial charge in [-0.05, 0) is 24.6 Å². The minimum atomic E-state index is -0.0164. The van der Waals surface area contributed by atoms with Gasteiger partial charge in [-0.3, -0.25) is 9.48 Å². The number of H-pyrrole nitrogens is 1. The summed E-state index contributed by atoms with van der Waals surface area (Å²) in [6, 6.07) is 9.51. The summed E-state index contributed by atoms with van der Waals surface area (Å²) < 4.78 is 7.40. The van der Waals surface area contributed by atoms with Gasteiger partial charge >= 0.3 is 0 Å². The average molecular weight is 400 g/mol. The Morgan fingerprint density at radius 3 is 3.11 bits per heavy atom. The molecule has 2 aliphatic rings. The maximum Gasteiger partial charge on any atom is 0.270 e. The van der Waals surface area contributed by atoms with Gasteiger partial charge in [-0.1, -0.05) is 17.7 Å². The first-order valence-corrected chi connectivity index (χ1v) is 10.00. The Labute approximate surface area is 167 Å². The number of aromatic nitrogens is 3. The number of nitrogens with zero attached hydrogens (tertiary/aromatic N) is 3. The normalized spacial score (nSPS) is 19.2. The lowest BCUT2D eigenvalue weighted by Crippen LogP contribution is -2.38. The van der Waals surface area contributed by atoms with Gasteiger partial charge in [-0.25, -0.2) is 0 Å². The number of amides is 1. The van der Waals surface area contributed by atoms with E-state index < -0.39 is 0 Å². The Morgan fingerprint density at radius 1 is 1.36 bits per heavy atom.